The van der Waals surface area contributed by atoms with Crippen LogP contribution in [0.2, 0.25) is 0 Å². The molecule has 1 saturated heterocycles. The number of Topliss-reactive ketones (excluding diaryl/α,β-unsaturated/α-hetero) is 1. The summed E-state index contributed by atoms with van der Waals surface area (Å²) in [7, 11) is 0. The van der Waals surface area contributed by atoms with Crippen LogP contribution in [-0.4, -0.2) is 50.8 Å². The number of hydrogen-bond donors (Lipinski definition) is 3. The molecule has 5 aliphatic rings. The summed E-state index contributed by atoms with van der Waals surface area (Å²) in [6.45, 7) is 6.18. The van der Waals surface area contributed by atoms with Gasteiger partial charge in [-0.2, -0.15) is 0 Å². The summed E-state index contributed by atoms with van der Waals surface area (Å²) in [5, 5.41) is 22.1. The Balaban J connectivity index is 1.21. The van der Waals surface area contributed by atoms with E-state index in [0.717, 1.165) is 35.1 Å². The number of aliphatic hydroxyl groups excluding tert-OH is 2. The number of allylic oxidation sites excluding steroid dienone is 4. The third-order valence-electron chi connectivity index (χ3n) is 11.5. The lowest BCUT2D eigenvalue weighted by Crippen LogP contribution is -2.63. The van der Waals surface area contributed by atoms with E-state index >= 15 is 0 Å². The highest BCUT2D eigenvalue weighted by atomic mass is 16.7. The van der Waals surface area contributed by atoms with Crippen LogP contribution in [0, 0.1) is 35.5 Å². The maximum atomic E-state index is 13.8. The lowest BCUT2D eigenvalue weighted by Gasteiger charge is -2.59. The van der Waals surface area contributed by atoms with Gasteiger partial charge >= 0.3 is 0 Å². The number of aromatic nitrogens is 1. The fourth-order valence-electron chi connectivity index (χ4n) is 9.71. The smallest absolute Gasteiger partial charge is 0.193 e. The largest absolute Gasteiger partial charge is 0.399 e. The van der Waals surface area contributed by atoms with Gasteiger partial charge in [-0.3, -0.25) is 9.59 Å². The minimum absolute atomic E-state index is 0.00354. The highest BCUT2D eigenvalue weighted by Crippen LogP contribution is 2.70. The number of fused-ring (bicyclic) bond motifs is 7. The molecule has 2 heterocycles. The number of hydrogen-bond acceptors (Lipinski definition) is 7. The van der Waals surface area contributed by atoms with Crippen molar-refractivity contribution in [1.29, 1.82) is 0 Å². The number of ether oxygens (including phenoxy) is 2. The van der Waals surface area contributed by atoms with Crippen molar-refractivity contribution in [2.24, 2.45) is 28.6 Å². The minimum atomic E-state index is -1.36. The number of carbonyl (C=O) groups excluding carboxylic acids is 2. The number of nitrogens with zero attached hydrogens (tertiary/aromatic N) is 1. The number of anilines is 1. The van der Waals surface area contributed by atoms with Gasteiger partial charge in [-0.15, -0.1) is 0 Å². The topological polar surface area (TPSA) is 124 Å². The quantitative estimate of drug-likeness (QED) is 0.462. The molecule has 4 aliphatic carbocycles. The maximum absolute atomic E-state index is 13.8. The molecule has 42 heavy (non-hydrogen) atoms. The number of ketones is 2. The lowest BCUT2D eigenvalue weighted by molar-refractivity contribution is -0.201. The van der Waals surface area contributed by atoms with Crippen molar-refractivity contribution in [2.45, 2.75) is 77.1 Å². The van der Waals surface area contributed by atoms with E-state index in [9.17, 15) is 19.8 Å². The van der Waals surface area contributed by atoms with Gasteiger partial charge in [0.25, 0.3) is 0 Å². The summed E-state index contributed by atoms with van der Waals surface area (Å²) in [5.41, 5.74) is 8.20. The van der Waals surface area contributed by atoms with Crippen molar-refractivity contribution < 1.29 is 29.3 Å². The number of aryl methyl sites for hydroxylation is 1. The first-order valence-corrected chi connectivity index (χ1v) is 15.1. The Morgan fingerprint density at radius 1 is 1.24 bits per heavy atom. The van der Waals surface area contributed by atoms with Crippen LogP contribution < -0.4 is 5.73 Å². The highest BCUT2D eigenvalue weighted by Gasteiger charge is 2.76. The first kappa shape index (κ1) is 27.8. The number of benzene rings is 1. The van der Waals surface area contributed by atoms with Gasteiger partial charge in [-0.05, 0) is 79.9 Å². The fraction of sp³-hybridized carbons (Fsp3) is 0.529. The Labute approximate surface area is 246 Å². The third kappa shape index (κ3) is 3.75. The predicted molar refractivity (Wildman–Crippen MR) is 156 cm³/mol. The minimum Gasteiger partial charge on any atom is -0.399 e. The van der Waals surface area contributed by atoms with Gasteiger partial charge in [-0.1, -0.05) is 37.6 Å². The van der Waals surface area contributed by atoms with E-state index in [-0.39, 0.29) is 29.3 Å². The van der Waals surface area contributed by atoms with E-state index in [2.05, 4.69) is 18.4 Å². The zero-order valence-corrected chi connectivity index (χ0v) is 24.5. The Bertz CT molecular complexity index is 1530. The van der Waals surface area contributed by atoms with Crippen LogP contribution in [0.5, 0.6) is 0 Å². The van der Waals surface area contributed by atoms with Crippen LogP contribution in [0.25, 0.3) is 0 Å². The molecular weight excluding hydrogens is 532 g/mol. The van der Waals surface area contributed by atoms with Crippen LogP contribution in [0.1, 0.15) is 62.5 Å². The van der Waals surface area contributed by atoms with Crippen molar-refractivity contribution in [3.05, 3.63) is 77.2 Å². The molecule has 7 rings (SSSR count). The summed E-state index contributed by atoms with van der Waals surface area (Å²) in [4.78, 5) is 26.0. The summed E-state index contributed by atoms with van der Waals surface area (Å²) in [6.07, 6.45) is 9.99. The second-order valence-electron chi connectivity index (χ2n) is 13.7. The van der Waals surface area contributed by atoms with Crippen LogP contribution in [0.3, 0.4) is 0 Å². The maximum Gasteiger partial charge on any atom is 0.193 e. The van der Waals surface area contributed by atoms with E-state index in [1.807, 2.05) is 49.7 Å². The number of rotatable bonds is 5. The molecular formula is C34H40N2O6. The SMILES string of the molecule is Cc1cn(Cc2cccc(N)c2)cc1[C@@H]1O[C@@H]2C[C@H]3[C@@H]4CCC5=CC(=O)C=C[C@]5(C)[C@H]4[C@@H](O)C[C@]3(C)[C@]2(C(=O)CO)O1. The molecule has 0 amide bonds. The first-order chi connectivity index (χ1) is 20.0. The van der Waals surface area contributed by atoms with Crippen LogP contribution in [0.15, 0.2) is 60.5 Å². The van der Waals surface area contributed by atoms with Gasteiger partial charge in [0.1, 0.15) is 6.61 Å². The standard InChI is InChI=1S/C34H40N2O6/c1-19-15-36(16-20-5-4-6-22(35)11-20)17-25(19)31-41-29-13-26-24-8-7-21-12-23(38)9-10-32(21,2)30(24)27(39)14-33(26,3)34(29,42-31)28(40)18-37/h4-6,9-12,15,17,24,26-27,29-31,37,39H,7-8,13-14,16,18,35H2,1-3H3/t24-,26-,27-,29+,30+,31+,32-,33-,34+/m0/s1. The molecule has 1 aromatic carbocycles. The van der Waals surface area contributed by atoms with Crippen molar-refractivity contribution in [3.63, 3.8) is 0 Å². The van der Waals surface area contributed by atoms with Crippen LogP contribution in [-0.2, 0) is 25.6 Å². The van der Waals surface area contributed by atoms with Gasteiger partial charge in [0, 0.05) is 46.9 Å². The molecule has 2 aromatic rings. The normalized spacial score (nSPS) is 40.2. The summed E-state index contributed by atoms with van der Waals surface area (Å²) in [5.74, 6) is -0.262. The molecule has 8 heteroatoms. The Kier molecular flexibility index (Phi) is 6.27. The number of nitrogen functional groups attached to an aromatic ring is 1. The first-order valence-electron chi connectivity index (χ1n) is 15.1. The predicted octanol–water partition coefficient (Wildman–Crippen LogP) is 4.03. The van der Waals surface area contributed by atoms with Crippen molar-refractivity contribution in [2.75, 3.05) is 12.3 Å². The summed E-state index contributed by atoms with van der Waals surface area (Å²) in [6, 6.07) is 7.78. The molecule has 4 N–H and O–H groups in total. The van der Waals surface area contributed by atoms with Gasteiger partial charge in [-0.25, -0.2) is 0 Å². The van der Waals surface area contributed by atoms with Gasteiger partial charge < -0.3 is 30.0 Å². The Morgan fingerprint density at radius 2 is 2.05 bits per heavy atom. The van der Waals surface area contributed by atoms with Crippen molar-refractivity contribution in [3.8, 4) is 0 Å². The molecule has 1 aromatic heterocycles. The lowest BCUT2D eigenvalue weighted by atomic mass is 9.46. The van der Waals surface area contributed by atoms with Crippen LogP contribution >= 0.6 is 0 Å². The Morgan fingerprint density at radius 3 is 2.81 bits per heavy atom. The fourth-order valence-corrected chi connectivity index (χ4v) is 9.71. The van der Waals surface area contributed by atoms with E-state index < -0.39 is 41.5 Å². The van der Waals surface area contributed by atoms with E-state index in [4.69, 9.17) is 15.2 Å². The molecule has 8 nitrogen and oxygen atoms in total. The third-order valence-corrected chi connectivity index (χ3v) is 11.5. The molecule has 0 spiro atoms. The second kappa shape index (κ2) is 9.48. The molecule has 222 valence electrons. The van der Waals surface area contributed by atoms with Crippen molar-refractivity contribution in [1.82, 2.24) is 4.57 Å². The molecule has 0 unspecified atom stereocenters. The van der Waals surface area contributed by atoms with Crippen LogP contribution in [0.4, 0.5) is 5.69 Å². The van der Waals surface area contributed by atoms with E-state index in [0.29, 0.717) is 25.1 Å². The average Bonchev–Trinajstić information content (AvgIpc) is 3.57. The molecule has 1 aliphatic heterocycles. The molecule has 0 bridgehead atoms. The molecule has 4 fully saturated rings. The molecule has 9 atom stereocenters. The molecule has 0 radical (unpaired) electrons. The van der Waals surface area contributed by atoms with E-state index in [1.54, 1.807) is 12.2 Å². The molecule has 3 saturated carbocycles. The van der Waals surface area contributed by atoms with Gasteiger partial charge in [0.05, 0.1) is 12.2 Å². The van der Waals surface area contributed by atoms with Gasteiger partial charge in [0.15, 0.2) is 23.5 Å². The number of nitrogens with two attached hydrogens (primary N) is 1. The van der Waals surface area contributed by atoms with E-state index in [1.165, 1.54) is 0 Å². The van der Waals surface area contributed by atoms with Gasteiger partial charge in [0.2, 0.25) is 0 Å². The zero-order valence-electron chi connectivity index (χ0n) is 24.5. The number of carbonyl (C=O) groups is 2. The second-order valence-corrected chi connectivity index (χ2v) is 13.7. The monoisotopic (exact) mass is 572 g/mol. The zero-order chi connectivity index (χ0) is 29.6. The number of aliphatic hydroxyl groups is 2. The Hall–Kier alpha value is -3.04. The van der Waals surface area contributed by atoms with Crippen molar-refractivity contribution >= 4 is 17.3 Å². The summed E-state index contributed by atoms with van der Waals surface area (Å²) >= 11 is 0. The average molecular weight is 573 g/mol. The summed E-state index contributed by atoms with van der Waals surface area (Å²) < 4.78 is 15.5. The highest BCUT2D eigenvalue weighted by molar-refractivity contribution is 6.01.